The van der Waals surface area contributed by atoms with E-state index in [4.69, 9.17) is 4.98 Å². The zero-order valence-electron chi connectivity index (χ0n) is 17.4. The Kier molecular flexibility index (Phi) is 15.9. The van der Waals surface area contributed by atoms with Crippen molar-refractivity contribution in [2.75, 3.05) is 27.2 Å². The number of rotatable bonds is 9. The zero-order chi connectivity index (χ0) is 17.6. The van der Waals surface area contributed by atoms with Crippen molar-refractivity contribution < 1.29 is 0 Å². The molecule has 8 heteroatoms. The molecule has 0 saturated carbocycles. The summed E-state index contributed by atoms with van der Waals surface area (Å²) < 4.78 is 2.47. The van der Waals surface area contributed by atoms with Gasteiger partial charge < -0.3 is 14.8 Å². The van der Waals surface area contributed by atoms with Crippen LogP contribution in [0.4, 0.5) is 0 Å². The number of unbranched alkanes of at least 4 members (excludes halogenated alkanes) is 1. The van der Waals surface area contributed by atoms with Crippen LogP contribution in [0.3, 0.4) is 0 Å². The topological polar surface area (TPSA) is 33.1 Å². The summed E-state index contributed by atoms with van der Waals surface area (Å²) in [5.74, 6) is 0. The molecule has 166 valence electrons. The van der Waals surface area contributed by atoms with Gasteiger partial charge in [0.1, 0.15) is 0 Å². The number of hydrogen-bond acceptors (Lipinski definition) is 3. The third-order valence-electron chi connectivity index (χ3n) is 4.74. The maximum Gasteiger partial charge on any atom is 0.0784 e. The predicted molar refractivity (Wildman–Crippen MR) is 136 cm³/mol. The van der Waals surface area contributed by atoms with Crippen LogP contribution >= 0.6 is 49.6 Å². The number of para-hydroxylation sites is 1. The minimum atomic E-state index is 0. The first kappa shape index (κ1) is 30.4. The molecule has 3 aromatic rings. The summed E-state index contributed by atoms with van der Waals surface area (Å²) in [4.78, 5) is 6.94. The molecule has 1 N–H and O–H groups in total. The molecule has 0 aliphatic rings. The molecule has 2 aromatic heterocycles. The third-order valence-corrected chi connectivity index (χ3v) is 4.74. The van der Waals surface area contributed by atoms with Gasteiger partial charge in [0.15, 0.2) is 0 Å². The van der Waals surface area contributed by atoms with Gasteiger partial charge in [0, 0.05) is 35.6 Å². The number of hydrogen-bond donors (Lipinski definition) is 1. The first-order chi connectivity index (χ1) is 12.2. The van der Waals surface area contributed by atoms with E-state index < -0.39 is 0 Å². The third kappa shape index (κ3) is 7.46. The van der Waals surface area contributed by atoms with Gasteiger partial charge in [0.25, 0.3) is 0 Å². The van der Waals surface area contributed by atoms with Gasteiger partial charge in [0.05, 0.1) is 11.2 Å². The summed E-state index contributed by atoms with van der Waals surface area (Å²) in [6.07, 6.45) is 5.50. The average Bonchev–Trinajstić information content (AvgIpc) is 2.94. The molecule has 0 aliphatic heterocycles. The van der Waals surface area contributed by atoms with Crippen LogP contribution < -0.4 is 5.32 Å². The fourth-order valence-electron chi connectivity index (χ4n) is 3.48. The predicted octanol–water partition coefficient (Wildman–Crippen LogP) is 5.72. The van der Waals surface area contributed by atoms with E-state index in [2.05, 4.69) is 66.1 Å². The highest BCUT2D eigenvalue weighted by atomic mass is 35.5. The van der Waals surface area contributed by atoms with Crippen molar-refractivity contribution in [2.45, 2.75) is 39.3 Å². The summed E-state index contributed by atoms with van der Waals surface area (Å²) in [5, 5.41) is 6.24. The van der Waals surface area contributed by atoms with Gasteiger partial charge in [-0.2, -0.15) is 0 Å². The summed E-state index contributed by atoms with van der Waals surface area (Å²) >= 11 is 0. The molecule has 1 aromatic carbocycles. The lowest BCUT2D eigenvalue weighted by Gasteiger charge is -2.12. The van der Waals surface area contributed by atoms with Gasteiger partial charge in [-0.15, -0.1) is 49.6 Å². The van der Waals surface area contributed by atoms with Crippen molar-refractivity contribution in [1.82, 2.24) is 19.8 Å². The molecule has 0 saturated heterocycles. The smallest absolute Gasteiger partial charge is 0.0784 e. The van der Waals surface area contributed by atoms with Crippen LogP contribution in [0.2, 0.25) is 0 Å². The van der Waals surface area contributed by atoms with Crippen molar-refractivity contribution in [1.29, 1.82) is 0 Å². The normalized spacial score (nSPS) is 10.2. The Morgan fingerprint density at radius 1 is 0.966 bits per heavy atom. The second-order valence-corrected chi connectivity index (χ2v) is 7.01. The first-order valence-electron chi connectivity index (χ1n) is 9.42. The van der Waals surface area contributed by atoms with E-state index >= 15 is 0 Å². The van der Waals surface area contributed by atoms with Gasteiger partial charge in [-0.05, 0) is 52.2 Å². The van der Waals surface area contributed by atoms with Gasteiger partial charge in [-0.3, -0.25) is 4.98 Å². The van der Waals surface area contributed by atoms with E-state index in [9.17, 15) is 0 Å². The van der Waals surface area contributed by atoms with E-state index in [1.165, 1.54) is 34.6 Å². The molecule has 2 heterocycles. The molecule has 0 atom stereocenters. The van der Waals surface area contributed by atoms with E-state index in [-0.39, 0.29) is 49.6 Å². The standard InChI is InChI=1S/C21H30N4.4ClH/c1-4-5-15-25-20-10-7-6-9-17(20)18-11-13-23-19(21(18)25)16-22-12-8-14-24(2)3;;;;/h6-7,9-11,13,22H,4-5,8,12,14-16H2,1-3H3;4*1H. The molecule has 0 amide bonds. The first-order valence-corrected chi connectivity index (χ1v) is 9.42. The maximum absolute atomic E-state index is 4.71. The van der Waals surface area contributed by atoms with Gasteiger partial charge in [0.2, 0.25) is 0 Å². The Hall–Kier alpha value is -0.750. The van der Waals surface area contributed by atoms with Crippen LogP contribution in [0, 0.1) is 0 Å². The molecular weight excluding hydrogens is 450 g/mol. The molecule has 0 aliphatic carbocycles. The fourth-order valence-corrected chi connectivity index (χ4v) is 3.48. The minimum absolute atomic E-state index is 0. The van der Waals surface area contributed by atoms with E-state index in [1.807, 2.05) is 6.20 Å². The van der Waals surface area contributed by atoms with E-state index in [0.29, 0.717) is 0 Å². The second-order valence-electron chi connectivity index (χ2n) is 7.01. The SMILES string of the molecule is CCCCn1c2ccccc2c2ccnc(CNCCCN(C)C)c21.Cl.Cl.Cl.Cl. The van der Waals surface area contributed by atoms with Crippen LogP contribution in [0.5, 0.6) is 0 Å². The number of fused-ring (bicyclic) bond motifs is 3. The van der Waals surface area contributed by atoms with Crippen molar-refractivity contribution in [3.8, 4) is 0 Å². The molecule has 0 radical (unpaired) electrons. The largest absolute Gasteiger partial charge is 0.339 e. The van der Waals surface area contributed by atoms with Crippen molar-refractivity contribution >= 4 is 71.4 Å². The van der Waals surface area contributed by atoms with Crippen LogP contribution in [0.25, 0.3) is 21.8 Å². The Bertz CT molecular complexity index is 836. The molecule has 0 fully saturated rings. The highest BCUT2D eigenvalue weighted by Crippen LogP contribution is 2.30. The highest BCUT2D eigenvalue weighted by molar-refractivity contribution is 6.08. The van der Waals surface area contributed by atoms with Crippen molar-refractivity contribution in [2.24, 2.45) is 0 Å². The van der Waals surface area contributed by atoms with Crippen molar-refractivity contribution in [3.63, 3.8) is 0 Å². The molecule has 4 nitrogen and oxygen atoms in total. The average molecular weight is 484 g/mol. The number of benzene rings is 1. The van der Waals surface area contributed by atoms with Crippen LogP contribution in [0.1, 0.15) is 31.9 Å². The number of pyridine rings is 1. The number of halogens is 4. The lowest BCUT2D eigenvalue weighted by atomic mass is 10.1. The minimum Gasteiger partial charge on any atom is -0.339 e. The quantitative estimate of drug-likeness (QED) is 0.395. The maximum atomic E-state index is 4.71. The molecular formula is C21H34Cl4N4. The van der Waals surface area contributed by atoms with Gasteiger partial charge >= 0.3 is 0 Å². The Labute approximate surface area is 199 Å². The number of aromatic nitrogens is 2. The Morgan fingerprint density at radius 2 is 1.69 bits per heavy atom. The van der Waals surface area contributed by atoms with E-state index in [1.54, 1.807) is 0 Å². The monoisotopic (exact) mass is 482 g/mol. The van der Waals surface area contributed by atoms with E-state index in [0.717, 1.165) is 38.3 Å². The Balaban J connectivity index is 0. The number of nitrogens with zero attached hydrogens (tertiary/aromatic N) is 3. The second kappa shape index (κ2) is 15.1. The van der Waals surface area contributed by atoms with Crippen LogP contribution in [-0.2, 0) is 13.1 Å². The highest BCUT2D eigenvalue weighted by Gasteiger charge is 2.14. The van der Waals surface area contributed by atoms with Crippen molar-refractivity contribution in [3.05, 3.63) is 42.2 Å². The van der Waals surface area contributed by atoms with Gasteiger partial charge in [-0.25, -0.2) is 0 Å². The zero-order valence-corrected chi connectivity index (χ0v) is 20.7. The van der Waals surface area contributed by atoms with Gasteiger partial charge in [-0.1, -0.05) is 31.5 Å². The summed E-state index contributed by atoms with van der Waals surface area (Å²) in [6.45, 7) is 6.26. The molecule has 0 unspecified atom stereocenters. The summed E-state index contributed by atoms with van der Waals surface area (Å²) in [7, 11) is 4.24. The molecule has 29 heavy (non-hydrogen) atoms. The van der Waals surface area contributed by atoms with Crippen LogP contribution in [0.15, 0.2) is 36.5 Å². The fraction of sp³-hybridized carbons (Fsp3) is 0.476. The molecule has 0 bridgehead atoms. The summed E-state index contributed by atoms with van der Waals surface area (Å²) in [6, 6.07) is 10.9. The van der Waals surface area contributed by atoms with Crippen LogP contribution in [-0.4, -0.2) is 41.6 Å². The molecule has 0 spiro atoms. The molecule has 3 rings (SSSR count). The lowest BCUT2D eigenvalue weighted by Crippen LogP contribution is -2.21. The summed E-state index contributed by atoms with van der Waals surface area (Å²) in [5.41, 5.74) is 3.79. The Morgan fingerprint density at radius 3 is 2.38 bits per heavy atom. The number of nitrogens with one attached hydrogen (secondary N) is 1. The number of aryl methyl sites for hydroxylation is 1. The lowest BCUT2D eigenvalue weighted by molar-refractivity contribution is 0.394.